The number of aromatic nitrogens is 2. The Morgan fingerprint density at radius 1 is 1.29 bits per heavy atom. The molecule has 1 aromatic heterocycles. The average Bonchev–Trinajstić information content (AvgIpc) is 2.64. The summed E-state index contributed by atoms with van der Waals surface area (Å²) in [7, 11) is 3.98. The molecule has 0 radical (unpaired) electrons. The summed E-state index contributed by atoms with van der Waals surface area (Å²) in [5, 5.41) is 12.7. The molecule has 0 aliphatic rings. The predicted octanol–water partition coefficient (Wildman–Crippen LogP) is 2.47. The molecule has 0 unspecified atom stereocenters. The quantitative estimate of drug-likeness (QED) is 0.637. The first-order chi connectivity index (χ1) is 7.88. The van der Waals surface area contributed by atoms with Gasteiger partial charge in [-0.2, -0.15) is 0 Å². The van der Waals surface area contributed by atoms with E-state index in [1.807, 2.05) is 19.0 Å². The molecule has 0 saturated heterocycles. The number of anilines is 1. The van der Waals surface area contributed by atoms with Crippen molar-refractivity contribution in [1.29, 1.82) is 0 Å². The van der Waals surface area contributed by atoms with Crippen LogP contribution in [0.25, 0.3) is 0 Å². The van der Waals surface area contributed by atoms with Crippen LogP contribution in [0.3, 0.4) is 0 Å². The molecule has 0 aliphatic heterocycles. The van der Waals surface area contributed by atoms with Crippen LogP contribution in [0.1, 0.15) is 27.2 Å². The molecule has 98 valence electrons. The van der Waals surface area contributed by atoms with Crippen molar-refractivity contribution in [2.75, 3.05) is 31.3 Å². The summed E-state index contributed by atoms with van der Waals surface area (Å²) in [4.78, 5) is 1.99. The standard InChI is InChI=1S/C11H22N4S2/c1-11(2,3)12-7-6-8-16-10-14-13-9(17-10)15(4)5/h12H,6-8H2,1-5H3. The molecular formula is C11H22N4S2. The van der Waals surface area contributed by atoms with Crippen LogP contribution in [0.15, 0.2) is 4.34 Å². The van der Waals surface area contributed by atoms with Crippen LogP contribution in [0.4, 0.5) is 5.13 Å². The number of hydrogen-bond donors (Lipinski definition) is 1. The Hall–Kier alpha value is -0.330. The van der Waals surface area contributed by atoms with Gasteiger partial charge in [-0.25, -0.2) is 0 Å². The molecule has 0 fully saturated rings. The number of nitrogens with zero attached hydrogens (tertiary/aromatic N) is 3. The lowest BCUT2D eigenvalue weighted by Crippen LogP contribution is -2.36. The van der Waals surface area contributed by atoms with Crippen molar-refractivity contribution in [3.05, 3.63) is 0 Å². The lowest BCUT2D eigenvalue weighted by atomic mass is 10.1. The van der Waals surface area contributed by atoms with Gasteiger partial charge < -0.3 is 10.2 Å². The van der Waals surface area contributed by atoms with Gasteiger partial charge in [0.2, 0.25) is 5.13 Å². The highest BCUT2D eigenvalue weighted by Crippen LogP contribution is 2.26. The van der Waals surface area contributed by atoms with Crippen LogP contribution in [-0.4, -0.2) is 42.1 Å². The van der Waals surface area contributed by atoms with Crippen LogP contribution in [-0.2, 0) is 0 Å². The van der Waals surface area contributed by atoms with Gasteiger partial charge in [-0.1, -0.05) is 23.1 Å². The molecule has 1 N–H and O–H groups in total. The van der Waals surface area contributed by atoms with E-state index in [0.717, 1.165) is 28.2 Å². The maximum absolute atomic E-state index is 4.15. The maximum Gasteiger partial charge on any atom is 0.208 e. The monoisotopic (exact) mass is 274 g/mol. The van der Waals surface area contributed by atoms with E-state index in [0.29, 0.717) is 0 Å². The highest BCUT2D eigenvalue weighted by atomic mass is 32.2. The van der Waals surface area contributed by atoms with Crippen molar-refractivity contribution < 1.29 is 0 Å². The molecule has 0 aliphatic carbocycles. The normalized spacial score (nSPS) is 11.8. The fourth-order valence-electron chi connectivity index (χ4n) is 1.14. The Bertz CT molecular complexity index is 330. The van der Waals surface area contributed by atoms with Crippen molar-refractivity contribution >= 4 is 28.2 Å². The summed E-state index contributed by atoms with van der Waals surface area (Å²) >= 11 is 3.44. The molecule has 0 spiro atoms. The molecule has 0 saturated carbocycles. The first-order valence-electron chi connectivity index (χ1n) is 5.77. The molecule has 0 amide bonds. The summed E-state index contributed by atoms with van der Waals surface area (Å²) in [6, 6.07) is 0. The topological polar surface area (TPSA) is 41.1 Å². The smallest absolute Gasteiger partial charge is 0.208 e. The summed E-state index contributed by atoms with van der Waals surface area (Å²) in [5.41, 5.74) is 0.214. The van der Waals surface area contributed by atoms with Crippen molar-refractivity contribution in [2.24, 2.45) is 0 Å². The third kappa shape index (κ3) is 6.24. The number of nitrogens with one attached hydrogen (secondary N) is 1. The summed E-state index contributed by atoms with van der Waals surface area (Å²) in [6.07, 6.45) is 1.15. The second-order valence-electron chi connectivity index (χ2n) is 5.12. The number of thioether (sulfide) groups is 1. The second-order valence-corrected chi connectivity index (χ2v) is 7.42. The van der Waals surface area contributed by atoms with Gasteiger partial charge in [0.05, 0.1) is 0 Å². The largest absolute Gasteiger partial charge is 0.353 e. The Labute approximate surface area is 112 Å². The minimum absolute atomic E-state index is 0.214. The SMILES string of the molecule is CN(C)c1nnc(SCCCNC(C)(C)C)s1. The van der Waals surface area contributed by atoms with Gasteiger partial charge in [-0.05, 0) is 33.7 Å². The van der Waals surface area contributed by atoms with Crippen LogP contribution < -0.4 is 10.2 Å². The third-order valence-corrected chi connectivity index (χ3v) is 4.29. The minimum Gasteiger partial charge on any atom is -0.353 e. The lowest BCUT2D eigenvalue weighted by Gasteiger charge is -2.20. The molecule has 4 nitrogen and oxygen atoms in total. The van der Waals surface area contributed by atoms with E-state index in [1.54, 1.807) is 23.1 Å². The summed E-state index contributed by atoms with van der Waals surface area (Å²) in [5.74, 6) is 1.09. The zero-order valence-corrected chi connectivity index (χ0v) is 12.9. The van der Waals surface area contributed by atoms with Crippen molar-refractivity contribution in [2.45, 2.75) is 37.1 Å². The highest BCUT2D eigenvalue weighted by molar-refractivity contribution is 8.01. The zero-order valence-electron chi connectivity index (χ0n) is 11.3. The molecule has 0 aromatic carbocycles. The molecule has 1 aromatic rings. The van der Waals surface area contributed by atoms with E-state index in [-0.39, 0.29) is 5.54 Å². The van der Waals surface area contributed by atoms with Gasteiger partial charge in [-0.3, -0.25) is 0 Å². The zero-order chi connectivity index (χ0) is 12.9. The molecule has 0 bridgehead atoms. The molecule has 17 heavy (non-hydrogen) atoms. The van der Waals surface area contributed by atoms with Crippen molar-refractivity contribution in [3.8, 4) is 0 Å². The van der Waals surface area contributed by atoms with Gasteiger partial charge in [0.1, 0.15) is 0 Å². The Balaban J connectivity index is 2.18. The molecule has 6 heteroatoms. The fraction of sp³-hybridized carbons (Fsp3) is 0.818. The first kappa shape index (κ1) is 14.7. The highest BCUT2D eigenvalue weighted by Gasteiger charge is 2.08. The first-order valence-corrected chi connectivity index (χ1v) is 7.57. The predicted molar refractivity (Wildman–Crippen MR) is 77.3 cm³/mol. The van der Waals surface area contributed by atoms with Crippen LogP contribution in [0, 0.1) is 0 Å². The van der Waals surface area contributed by atoms with Crippen LogP contribution in [0.5, 0.6) is 0 Å². The second kappa shape index (κ2) is 6.56. The summed E-state index contributed by atoms with van der Waals surface area (Å²) < 4.78 is 1.06. The summed E-state index contributed by atoms with van der Waals surface area (Å²) in [6.45, 7) is 7.62. The Morgan fingerprint density at radius 2 is 2.00 bits per heavy atom. The van der Waals surface area contributed by atoms with Crippen molar-refractivity contribution in [3.63, 3.8) is 0 Å². The molecular weight excluding hydrogens is 252 g/mol. The number of rotatable bonds is 6. The average molecular weight is 274 g/mol. The Kier molecular flexibility index (Phi) is 5.69. The maximum atomic E-state index is 4.15. The van der Waals surface area contributed by atoms with Crippen LogP contribution in [0.2, 0.25) is 0 Å². The molecule has 0 atom stereocenters. The van der Waals surface area contributed by atoms with Gasteiger partial charge in [0.15, 0.2) is 4.34 Å². The minimum atomic E-state index is 0.214. The van der Waals surface area contributed by atoms with Crippen molar-refractivity contribution in [1.82, 2.24) is 15.5 Å². The van der Waals surface area contributed by atoms with E-state index in [1.165, 1.54) is 0 Å². The van der Waals surface area contributed by atoms with Gasteiger partial charge in [0.25, 0.3) is 0 Å². The molecule has 1 heterocycles. The van der Waals surface area contributed by atoms with Gasteiger partial charge in [0, 0.05) is 25.4 Å². The lowest BCUT2D eigenvalue weighted by molar-refractivity contribution is 0.427. The molecule has 1 rings (SSSR count). The van der Waals surface area contributed by atoms with Crippen LogP contribution >= 0.6 is 23.1 Å². The van der Waals surface area contributed by atoms with E-state index < -0.39 is 0 Å². The van der Waals surface area contributed by atoms with E-state index in [2.05, 4.69) is 36.3 Å². The van der Waals surface area contributed by atoms with E-state index in [9.17, 15) is 0 Å². The van der Waals surface area contributed by atoms with Gasteiger partial charge in [-0.15, -0.1) is 10.2 Å². The van der Waals surface area contributed by atoms with Gasteiger partial charge >= 0.3 is 0 Å². The fourth-order valence-corrected chi connectivity index (χ4v) is 2.91. The van der Waals surface area contributed by atoms with E-state index in [4.69, 9.17) is 0 Å². The Morgan fingerprint density at radius 3 is 2.53 bits per heavy atom. The third-order valence-electron chi connectivity index (χ3n) is 1.98. The number of hydrogen-bond acceptors (Lipinski definition) is 6. The van der Waals surface area contributed by atoms with E-state index >= 15 is 0 Å².